The van der Waals surface area contributed by atoms with Crippen LogP contribution in [0.4, 0.5) is 11.4 Å². The van der Waals surface area contributed by atoms with Gasteiger partial charge in [0.1, 0.15) is 0 Å². The van der Waals surface area contributed by atoms with E-state index in [0.717, 1.165) is 38.5 Å². The maximum absolute atomic E-state index is 12.2. The summed E-state index contributed by atoms with van der Waals surface area (Å²) in [5, 5.41) is 2.93. The van der Waals surface area contributed by atoms with Crippen LogP contribution in [0.25, 0.3) is 0 Å². The van der Waals surface area contributed by atoms with Gasteiger partial charge in [-0.25, -0.2) is 0 Å². The first kappa shape index (κ1) is 17.5. The van der Waals surface area contributed by atoms with Crippen LogP contribution in [-0.4, -0.2) is 50.7 Å². The summed E-state index contributed by atoms with van der Waals surface area (Å²) in [5.41, 5.74) is 3.30. The highest BCUT2D eigenvalue weighted by Crippen LogP contribution is 2.22. The Morgan fingerprint density at radius 1 is 1.08 bits per heavy atom. The van der Waals surface area contributed by atoms with Gasteiger partial charge in [-0.15, -0.1) is 0 Å². The van der Waals surface area contributed by atoms with Crippen LogP contribution < -0.4 is 10.2 Å². The van der Waals surface area contributed by atoms with Crippen molar-refractivity contribution < 1.29 is 9.53 Å². The van der Waals surface area contributed by atoms with Crippen LogP contribution in [0.3, 0.4) is 0 Å². The molecular formula is C20H25N3O2. The molecule has 0 unspecified atom stereocenters. The molecule has 1 fully saturated rings. The molecule has 25 heavy (non-hydrogen) atoms. The van der Waals surface area contributed by atoms with Crippen molar-refractivity contribution in [2.45, 2.75) is 6.54 Å². The molecule has 1 heterocycles. The van der Waals surface area contributed by atoms with Crippen molar-refractivity contribution in [2.75, 3.05) is 50.1 Å². The van der Waals surface area contributed by atoms with Crippen LogP contribution >= 0.6 is 0 Å². The lowest BCUT2D eigenvalue weighted by Crippen LogP contribution is -2.37. The lowest BCUT2D eigenvalue weighted by atomic mass is 10.1. The minimum Gasteiger partial charge on any atom is -0.378 e. The van der Waals surface area contributed by atoms with E-state index in [4.69, 9.17) is 4.74 Å². The third-order valence-corrected chi connectivity index (χ3v) is 4.25. The van der Waals surface area contributed by atoms with E-state index in [0.29, 0.717) is 6.54 Å². The number of benzene rings is 2. The Balaban J connectivity index is 1.59. The maximum atomic E-state index is 12.2. The second kappa shape index (κ2) is 8.65. The van der Waals surface area contributed by atoms with Crippen LogP contribution in [0.15, 0.2) is 54.6 Å². The Morgan fingerprint density at radius 2 is 1.76 bits per heavy atom. The number of carbonyl (C=O) groups excluding carboxylic acids is 1. The molecule has 2 aromatic carbocycles. The number of carbonyl (C=O) groups is 1. The molecule has 1 N–H and O–H groups in total. The molecule has 1 aliphatic heterocycles. The van der Waals surface area contributed by atoms with Crippen LogP contribution in [0, 0.1) is 0 Å². The fraction of sp³-hybridized carbons (Fsp3) is 0.350. The minimum absolute atomic E-state index is 0.00227. The van der Waals surface area contributed by atoms with Crippen LogP contribution in [0.1, 0.15) is 5.56 Å². The molecule has 2 aromatic rings. The van der Waals surface area contributed by atoms with Crippen molar-refractivity contribution in [3.8, 4) is 0 Å². The van der Waals surface area contributed by atoms with Crippen molar-refractivity contribution in [1.29, 1.82) is 0 Å². The Hall–Kier alpha value is -2.37. The molecular weight excluding hydrogens is 314 g/mol. The smallest absolute Gasteiger partial charge is 0.238 e. The fourth-order valence-electron chi connectivity index (χ4n) is 3.07. The molecule has 1 amide bonds. The van der Waals surface area contributed by atoms with E-state index in [-0.39, 0.29) is 5.91 Å². The minimum atomic E-state index is -0.00227. The van der Waals surface area contributed by atoms with Gasteiger partial charge < -0.3 is 15.0 Å². The summed E-state index contributed by atoms with van der Waals surface area (Å²) in [7, 11) is 1.97. The largest absolute Gasteiger partial charge is 0.378 e. The standard InChI is InChI=1S/C20H25N3O2/c1-22(16-20(24)21-18-8-3-2-4-9-18)15-17-7-5-6-10-19(17)23-11-13-25-14-12-23/h2-10H,11-16H2,1H3,(H,21,24). The highest BCUT2D eigenvalue weighted by molar-refractivity contribution is 5.92. The predicted octanol–water partition coefficient (Wildman–Crippen LogP) is 2.59. The van der Waals surface area contributed by atoms with Gasteiger partial charge in [0, 0.05) is 31.0 Å². The lowest BCUT2D eigenvalue weighted by molar-refractivity contribution is -0.117. The highest BCUT2D eigenvalue weighted by Gasteiger charge is 2.16. The average molecular weight is 339 g/mol. The van der Waals surface area contributed by atoms with Crippen LogP contribution in [-0.2, 0) is 16.1 Å². The zero-order valence-electron chi connectivity index (χ0n) is 14.6. The highest BCUT2D eigenvalue weighted by atomic mass is 16.5. The molecule has 0 atom stereocenters. The van der Waals surface area contributed by atoms with Gasteiger partial charge in [-0.1, -0.05) is 36.4 Å². The number of likely N-dealkylation sites (N-methyl/N-ethyl adjacent to an activating group) is 1. The first-order valence-corrected chi connectivity index (χ1v) is 8.66. The van der Waals surface area contributed by atoms with E-state index in [2.05, 4.69) is 34.5 Å². The third kappa shape index (κ3) is 5.05. The molecule has 0 bridgehead atoms. The van der Waals surface area contributed by atoms with E-state index >= 15 is 0 Å². The Kier molecular flexibility index (Phi) is 6.04. The molecule has 0 radical (unpaired) electrons. The summed E-state index contributed by atoms with van der Waals surface area (Å²) in [6.07, 6.45) is 0. The topological polar surface area (TPSA) is 44.8 Å². The fourth-order valence-corrected chi connectivity index (χ4v) is 3.07. The number of nitrogens with one attached hydrogen (secondary N) is 1. The number of hydrogen-bond donors (Lipinski definition) is 1. The zero-order chi connectivity index (χ0) is 17.5. The zero-order valence-corrected chi connectivity index (χ0v) is 14.6. The second-order valence-electron chi connectivity index (χ2n) is 6.31. The van der Waals surface area contributed by atoms with Gasteiger partial charge in [-0.3, -0.25) is 9.69 Å². The van der Waals surface area contributed by atoms with E-state index in [1.807, 2.05) is 42.3 Å². The molecule has 1 aliphatic rings. The summed E-state index contributed by atoms with van der Waals surface area (Å²) >= 11 is 0. The summed E-state index contributed by atoms with van der Waals surface area (Å²) in [5.74, 6) is -0.00227. The number of hydrogen-bond acceptors (Lipinski definition) is 4. The van der Waals surface area contributed by atoms with Crippen LogP contribution in [0.2, 0.25) is 0 Å². The number of morpholine rings is 1. The lowest BCUT2D eigenvalue weighted by Gasteiger charge is -2.31. The molecule has 3 rings (SSSR count). The van der Waals surface area contributed by atoms with Gasteiger partial charge in [0.15, 0.2) is 0 Å². The van der Waals surface area contributed by atoms with E-state index in [1.54, 1.807) is 0 Å². The maximum Gasteiger partial charge on any atom is 0.238 e. The molecule has 132 valence electrons. The number of rotatable bonds is 6. The molecule has 0 aliphatic carbocycles. The Bertz CT molecular complexity index is 684. The number of amides is 1. The van der Waals surface area contributed by atoms with Gasteiger partial charge in [0.05, 0.1) is 19.8 Å². The Labute approximate surface area is 149 Å². The Morgan fingerprint density at radius 3 is 2.52 bits per heavy atom. The second-order valence-corrected chi connectivity index (χ2v) is 6.31. The van der Waals surface area contributed by atoms with Gasteiger partial charge in [-0.2, -0.15) is 0 Å². The molecule has 5 nitrogen and oxygen atoms in total. The molecule has 5 heteroatoms. The summed E-state index contributed by atoms with van der Waals surface area (Å²) < 4.78 is 5.45. The predicted molar refractivity (Wildman–Crippen MR) is 101 cm³/mol. The van der Waals surface area contributed by atoms with Crippen molar-refractivity contribution in [1.82, 2.24) is 4.90 Å². The van der Waals surface area contributed by atoms with Gasteiger partial charge >= 0.3 is 0 Å². The van der Waals surface area contributed by atoms with E-state index in [1.165, 1.54) is 11.3 Å². The summed E-state index contributed by atoms with van der Waals surface area (Å²) in [6, 6.07) is 18.0. The van der Waals surface area contributed by atoms with Gasteiger partial charge in [0.25, 0.3) is 0 Å². The van der Waals surface area contributed by atoms with Crippen molar-refractivity contribution >= 4 is 17.3 Å². The normalized spacial score (nSPS) is 14.6. The first-order chi connectivity index (χ1) is 12.2. The number of anilines is 2. The molecule has 0 spiro atoms. The van der Waals surface area contributed by atoms with Gasteiger partial charge in [0.2, 0.25) is 5.91 Å². The van der Waals surface area contributed by atoms with Crippen molar-refractivity contribution in [2.24, 2.45) is 0 Å². The van der Waals surface area contributed by atoms with E-state index < -0.39 is 0 Å². The van der Waals surface area contributed by atoms with Gasteiger partial charge in [-0.05, 0) is 30.8 Å². The number of para-hydroxylation sites is 2. The monoisotopic (exact) mass is 339 g/mol. The van der Waals surface area contributed by atoms with Crippen LogP contribution in [0.5, 0.6) is 0 Å². The molecule has 0 saturated carbocycles. The SMILES string of the molecule is CN(CC(=O)Nc1ccccc1)Cc1ccccc1N1CCOCC1. The number of ether oxygens (including phenoxy) is 1. The summed E-state index contributed by atoms with van der Waals surface area (Å²) in [6.45, 7) is 4.44. The summed E-state index contributed by atoms with van der Waals surface area (Å²) in [4.78, 5) is 16.6. The quantitative estimate of drug-likeness (QED) is 0.879. The van der Waals surface area contributed by atoms with Crippen molar-refractivity contribution in [3.63, 3.8) is 0 Å². The average Bonchev–Trinajstić information content (AvgIpc) is 2.63. The first-order valence-electron chi connectivity index (χ1n) is 8.66. The third-order valence-electron chi connectivity index (χ3n) is 4.25. The number of nitrogens with zero attached hydrogens (tertiary/aromatic N) is 2. The van der Waals surface area contributed by atoms with E-state index in [9.17, 15) is 4.79 Å². The molecule has 0 aromatic heterocycles. The molecule has 1 saturated heterocycles. The van der Waals surface area contributed by atoms with Crippen molar-refractivity contribution in [3.05, 3.63) is 60.2 Å².